The van der Waals surface area contributed by atoms with Gasteiger partial charge in [-0.1, -0.05) is 11.6 Å². The summed E-state index contributed by atoms with van der Waals surface area (Å²) in [5.41, 5.74) is 2.15. The Kier molecular flexibility index (Phi) is 5.34. The quantitative estimate of drug-likeness (QED) is 0.720. The first kappa shape index (κ1) is 18.5. The number of anilines is 1. The van der Waals surface area contributed by atoms with Gasteiger partial charge in [0, 0.05) is 42.3 Å². The van der Waals surface area contributed by atoms with Crippen LogP contribution in [0.1, 0.15) is 10.5 Å². The first-order valence-corrected chi connectivity index (χ1v) is 8.43. The molecule has 0 aliphatic carbocycles. The summed E-state index contributed by atoms with van der Waals surface area (Å²) in [6.45, 7) is 2.57. The van der Waals surface area contributed by atoms with E-state index >= 15 is 0 Å². The summed E-state index contributed by atoms with van der Waals surface area (Å²) in [7, 11) is 0. The maximum atomic E-state index is 13.0. The fraction of sp³-hybridized carbons (Fsp3) is 0.222. The number of carbonyl (C=O) groups excluding carboxylic acids is 1. The second-order valence-electron chi connectivity index (χ2n) is 6.02. The van der Waals surface area contributed by atoms with Crippen LogP contribution in [0.25, 0.3) is 10.9 Å². The number of benzene rings is 2. The molecule has 0 bridgehead atoms. The zero-order valence-corrected chi connectivity index (χ0v) is 15.4. The van der Waals surface area contributed by atoms with E-state index in [9.17, 15) is 9.18 Å². The van der Waals surface area contributed by atoms with Gasteiger partial charge in [-0.05, 0) is 42.5 Å². The van der Waals surface area contributed by atoms with Crippen LogP contribution in [0.4, 0.5) is 10.1 Å². The molecule has 2 aromatic carbocycles. The molecule has 8 heteroatoms. The number of aromatic amines is 1. The SMILES string of the molecule is Cl.O=C(c1n[nH]c2ccc(Cl)cc12)N1CCN(c2ccc(F)cc2)CC1. The summed E-state index contributed by atoms with van der Waals surface area (Å²) in [6, 6.07) is 11.7. The van der Waals surface area contributed by atoms with Crippen molar-refractivity contribution in [2.24, 2.45) is 0 Å². The first-order chi connectivity index (χ1) is 12.1. The highest BCUT2D eigenvalue weighted by molar-refractivity contribution is 6.31. The summed E-state index contributed by atoms with van der Waals surface area (Å²) >= 11 is 6.04. The fourth-order valence-electron chi connectivity index (χ4n) is 3.12. The van der Waals surface area contributed by atoms with Crippen molar-refractivity contribution in [3.63, 3.8) is 0 Å². The van der Waals surface area contributed by atoms with E-state index < -0.39 is 0 Å². The van der Waals surface area contributed by atoms with E-state index in [1.54, 1.807) is 29.2 Å². The predicted molar refractivity (Wildman–Crippen MR) is 103 cm³/mol. The van der Waals surface area contributed by atoms with Gasteiger partial charge in [0.15, 0.2) is 5.69 Å². The molecule has 0 saturated carbocycles. The van der Waals surface area contributed by atoms with Crippen molar-refractivity contribution in [1.29, 1.82) is 0 Å². The van der Waals surface area contributed by atoms with E-state index in [4.69, 9.17) is 11.6 Å². The molecule has 5 nitrogen and oxygen atoms in total. The van der Waals surface area contributed by atoms with Crippen LogP contribution in [-0.4, -0.2) is 47.2 Å². The molecule has 2 heterocycles. The highest BCUT2D eigenvalue weighted by Crippen LogP contribution is 2.23. The minimum Gasteiger partial charge on any atom is -0.368 e. The molecule has 0 atom stereocenters. The third-order valence-electron chi connectivity index (χ3n) is 4.49. The number of aromatic nitrogens is 2. The largest absolute Gasteiger partial charge is 0.368 e. The molecule has 136 valence electrons. The van der Waals surface area contributed by atoms with Crippen molar-refractivity contribution in [2.45, 2.75) is 0 Å². The highest BCUT2D eigenvalue weighted by Gasteiger charge is 2.25. The number of amides is 1. The monoisotopic (exact) mass is 394 g/mol. The molecule has 1 amide bonds. The molecule has 4 rings (SSSR count). The van der Waals surface area contributed by atoms with E-state index in [1.165, 1.54) is 12.1 Å². The Labute approximate surface area is 161 Å². The summed E-state index contributed by atoms with van der Waals surface area (Å²) in [4.78, 5) is 16.7. The van der Waals surface area contributed by atoms with Crippen LogP contribution in [-0.2, 0) is 0 Å². The molecule has 1 aromatic heterocycles. The Balaban J connectivity index is 0.00000196. The number of rotatable bonds is 2. The Morgan fingerprint density at radius 2 is 1.77 bits per heavy atom. The highest BCUT2D eigenvalue weighted by atomic mass is 35.5. The minimum absolute atomic E-state index is 0. The molecule has 0 spiro atoms. The third-order valence-corrected chi connectivity index (χ3v) is 4.72. The molecular weight excluding hydrogens is 378 g/mol. The smallest absolute Gasteiger partial charge is 0.275 e. The van der Waals surface area contributed by atoms with E-state index in [2.05, 4.69) is 15.1 Å². The lowest BCUT2D eigenvalue weighted by Gasteiger charge is -2.35. The van der Waals surface area contributed by atoms with Crippen LogP contribution in [0, 0.1) is 5.82 Å². The maximum absolute atomic E-state index is 13.0. The Bertz CT molecular complexity index is 921. The summed E-state index contributed by atoms with van der Waals surface area (Å²) in [5, 5.41) is 8.35. The van der Waals surface area contributed by atoms with E-state index in [0.29, 0.717) is 36.9 Å². The second-order valence-corrected chi connectivity index (χ2v) is 6.45. The van der Waals surface area contributed by atoms with Crippen LogP contribution in [0.15, 0.2) is 42.5 Å². The molecule has 26 heavy (non-hydrogen) atoms. The van der Waals surface area contributed by atoms with Gasteiger partial charge in [-0.25, -0.2) is 4.39 Å². The number of halogens is 3. The van der Waals surface area contributed by atoms with Crippen molar-refractivity contribution in [3.8, 4) is 0 Å². The molecule has 3 aromatic rings. The lowest BCUT2D eigenvalue weighted by atomic mass is 10.1. The zero-order chi connectivity index (χ0) is 17.4. The normalized spacial score (nSPS) is 14.4. The molecule has 1 N–H and O–H groups in total. The average molecular weight is 395 g/mol. The number of piperazine rings is 1. The number of hydrogen-bond donors (Lipinski definition) is 1. The van der Waals surface area contributed by atoms with Crippen LogP contribution in [0.3, 0.4) is 0 Å². The molecule has 0 radical (unpaired) electrons. The van der Waals surface area contributed by atoms with E-state index in [-0.39, 0.29) is 24.1 Å². The Hall–Kier alpha value is -2.31. The first-order valence-electron chi connectivity index (χ1n) is 8.05. The van der Waals surface area contributed by atoms with Gasteiger partial charge in [-0.2, -0.15) is 5.10 Å². The van der Waals surface area contributed by atoms with Gasteiger partial charge in [0.05, 0.1) is 5.52 Å². The van der Waals surface area contributed by atoms with Crippen LogP contribution < -0.4 is 4.90 Å². The number of hydrogen-bond acceptors (Lipinski definition) is 3. The van der Waals surface area contributed by atoms with Crippen molar-refractivity contribution in [2.75, 3.05) is 31.1 Å². The summed E-state index contributed by atoms with van der Waals surface area (Å²) in [5.74, 6) is -0.353. The van der Waals surface area contributed by atoms with Crippen molar-refractivity contribution in [1.82, 2.24) is 15.1 Å². The zero-order valence-electron chi connectivity index (χ0n) is 13.8. The Morgan fingerprint density at radius 3 is 2.46 bits per heavy atom. The van der Waals surface area contributed by atoms with Crippen molar-refractivity contribution in [3.05, 3.63) is 59.0 Å². The molecule has 1 fully saturated rings. The molecule has 1 saturated heterocycles. The standard InChI is InChI=1S/C18H16ClFN4O.ClH/c19-12-1-6-16-15(11-12)17(22-21-16)18(25)24-9-7-23(8-10-24)14-4-2-13(20)3-5-14;/h1-6,11H,7-10H2,(H,21,22);1H. The van der Waals surface area contributed by atoms with Crippen molar-refractivity contribution < 1.29 is 9.18 Å². The van der Waals surface area contributed by atoms with E-state index in [0.717, 1.165) is 16.6 Å². The van der Waals surface area contributed by atoms with Crippen LogP contribution in [0.2, 0.25) is 5.02 Å². The predicted octanol–water partition coefficient (Wildman–Crippen LogP) is 3.74. The van der Waals surface area contributed by atoms with Crippen molar-refractivity contribution >= 4 is 46.5 Å². The van der Waals surface area contributed by atoms with Gasteiger partial charge in [0.1, 0.15) is 5.82 Å². The second kappa shape index (κ2) is 7.51. The van der Waals surface area contributed by atoms with Crippen LogP contribution in [0.5, 0.6) is 0 Å². The number of nitrogens with zero attached hydrogens (tertiary/aromatic N) is 3. The molecule has 0 unspecified atom stereocenters. The van der Waals surface area contributed by atoms with Gasteiger partial charge in [-0.15, -0.1) is 12.4 Å². The Morgan fingerprint density at radius 1 is 1.08 bits per heavy atom. The third kappa shape index (κ3) is 3.48. The molecular formula is C18H17Cl2FN4O. The number of H-pyrrole nitrogens is 1. The van der Waals surface area contributed by atoms with Gasteiger partial charge < -0.3 is 9.80 Å². The fourth-order valence-corrected chi connectivity index (χ4v) is 3.29. The maximum Gasteiger partial charge on any atom is 0.275 e. The molecule has 1 aliphatic rings. The minimum atomic E-state index is -0.248. The number of carbonyl (C=O) groups is 1. The molecule has 1 aliphatic heterocycles. The summed E-state index contributed by atoms with van der Waals surface area (Å²) in [6.07, 6.45) is 0. The van der Waals surface area contributed by atoms with Crippen LogP contribution >= 0.6 is 24.0 Å². The summed E-state index contributed by atoms with van der Waals surface area (Å²) < 4.78 is 13.0. The lowest BCUT2D eigenvalue weighted by molar-refractivity contribution is 0.0743. The van der Waals surface area contributed by atoms with E-state index in [1.807, 2.05) is 6.07 Å². The van der Waals surface area contributed by atoms with Gasteiger partial charge in [0.2, 0.25) is 0 Å². The topological polar surface area (TPSA) is 52.2 Å². The lowest BCUT2D eigenvalue weighted by Crippen LogP contribution is -2.48. The van der Waals surface area contributed by atoms with Gasteiger partial charge in [0.25, 0.3) is 5.91 Å². The van der Waals surface area contributed by atoms with Gasteiger partial charge >= 0.3 is 0 Å². The number of nitrogens with one attached hydrogen (secondary N) is 1. The number of fused-ring (bicyclic) bond motifs is 1. The van der Waals surface area contributed by atoms with Gasteiger partial charge in [-0.3, -0.25) is 9.89 Å². The average Bonchev–Trinajstić information content (AvgIpc) is 3.05.